The molecular formula is C13H17ClN2S. The number of rotatable bonds is 4. The Bertz CT molecular complexity index is 447. The van der Waals surface area contributed by atoms with Crippen molar-refractivity contribution in [3.63, 3.8) is 0 Å². The summed E-state index contributed by atoms with van der Waals surface area (Å²) in [7, 11) is 2.09. The lowest BCUT2D eigenvalue weighted by atomic mass is 10.2. The summed E-state index contributed by atoms with van der Waals surface area (Å²) < 4.78 is 0. The fraction of sp³-hybridized carbons (Fsp3) is 0.462. The highest BCUT2D eigenvalue weighted by molar-refractivity contribution is 7.80. The zero-order valence-corrected chi connectivity index (χ0v) is 11.7. The van der Waals surface area contributed by atoms with Crippen LogP contribution in [0.15, 0.2) is 18.2 Å². The van der Waals surface area contributed by atoms with Crippen molar-refractivity contribution in [3.05, 3.63) is 28.8 Å². The van der Waals surface area contributed by atoms with Gasteiger partial charge in [0.2, 0.25) is 0 Å². The van der Waals surface area contributed by atoms with Gasteiger partial charge in [0.25, 0.3) is 0 Å². The van der Waals surface area contributed by atoms with Gasteiger partial charge in [-0.05, 0) is 36.5 Å². The van der Waals surface area contributed by atoms with Gasteiger partial charge in [-0.15, -0.1) is 0 Å². The molecule has 2 unspecified atom stereocenters. The van der Waals surface area contributed by atoms with E-state index >= 15 is 0 Å². The van der Waals surface area contributed by atoms with Gasteiger partial charge in [-0.1, -0.05) is 30.7 Å². The second kappa shape index (κ2) is 4.83. The molecule has 0 spiro atoms. The molecule has 1 aliphatic rings. The van der Waals surface area contributed by atoms with Gasteiger partial charge in [0.15, 0.2) is 0 Å². The van der Waals surface area contributed by atoms with Crippen LogP contribution >= 0.6 is 23.8 Å². The maximum atomic E-state index is 6.16. The van der Waals surface area contributed by atoms with Crippen molar-refractivity contribution in [1.82, 2.24) is 0 Å². The van der Waals surface area contributed by atoms with E-state index in [4.69, 9.17) is 29.6 Å². The highest BCUT2D eigenvalue weighted by Gasteiger charge is 2.33. The average Bonchev–Trinajstić information content (AvgIpc) is 2.93. The monoisotopic (exact) mass is 268 g/mol. The van der Waals surface area contributed by atoms with E-state index in [-0.39, 0.29) is 0 Å². The van der Waals surface area contributed by atoms with Crippen LogP contribution in [0.3, 0.4) is 0 Å². The Morgan fingerprint density at radius 1 is 1.59 bits per heavy atom. The minimum absolute atomic E-state index is 0.347. The molecule has 1 fully saturated rings. The number of halogens is 1. The predicted molar refractivity (Wildman–Crippen MR) is 77.9 cm³/mol. The molecule has 1 aromatic rings. The van der Waals surface area contributed by atoms with E-state index in [1.165, 1.54) is 6.42 Å². The molecule has 0 aliphatic heterocycles. The summed E-state index contributed by atoms with van der Waals surface area (Å²) in [4.78, 5) is 2.59. The topological polar surface area (TPSA) is 29.3 Å². The third-order valence-corrected chi connectivity index (χ3v) is 3.98. The summed E-state index contributed by atoms with van der Waals surface area (Å²) in [5, 5.41) is 0.630. The largest absolute Gasteiger partial charge is 0.389 e. The van der Waals surface area contributed by atoms with Crippen LogP contribution in [-0.4, -0.2) is 18.6 Å². The molecule has 2 N–H and O–H groups in total. The molecule has 2 rings (SSSR count). The van der Waals surface area contributed by atoms with Crippen molar-refractivity contribution in [2.45, 2.75) is 13.3 Å². The minimum atomic E-state index is 0.347. The van der Waals surface area contributed by atoms with Crippen molar-refractivity contribution >= 4 is 34.5 Å². The van der Waals surface area contributed by atoms with Crippen molar-refractivity contribution in [1.29, 1.82) is 0 Å². The molecule has 2 atom stereocenters. The molecule has 0 radical (unpaired) electrons. The van der Waals surface area contributed by atoms with Gasteiger partial charge < -0.3 is 10.6 Å². The van der Waals surface area contributed by atoms with Crippen LogP contribution in [0.1, 0.15) is 18.9 Å². The summed E-state index contributed by atoms with van der Waals surface area (Å²) in [5.41, 5.74) is 7.45. The Labute approximate surface area is 113 Å². The van der Waals surface area contributed by atoms with Gasteiger partial charge in [0.05, 0.1) is 5.02 Å². The quantitative estimate of drug-likeness (QED) is 0.851. The lowest BCUT2D eigenvalue weighted by Crippen LogP contribution is -2.20. The van der Waals surface area contributed by atoms with E-state index < -0.39 is 0 Å². The van der Waals surface area contributed by atoms with Gasteiger partial charge in [-0.2, -0.15) is 0 Å². The number of benzene rings is 1. The van der Waals surface area contributed by atoms with E-state index in [1.54, 1.807) is 0 Å². The summed E-state index contributed by atoms with van der Waals surface area (Å²) >= 11 is 11.1. The maximum Gasteiger partial charge on any atom is 0.105 e. The zero-order valence-electron chi connectivity index (χ0n) is 10.1. The first-order chi connectivity index (χ1) is 7.99. The molecule has 0 heterocycles. The van der Waals surface area contributed by atoms with E-state index in [9.17, 15) is 0 Å². The fourth-order valence-corrected chi connectivity index (χ4v) is 2.56. The first-order valence-electron chi connectivity index (χ1n) is 5.79. The molecule has 1 saturated carbocycles. The van der Waals surface area contributed by atoms with E-state index in [0.717, 1.165) is 29.6 Å². The van der Waals surface area contributed by atoms with Crippen LogP contribution < -0.4 is 10.6 Å². The maximum absolute atomic E-state index is 6.16. The average molecular weight is 269 g/mol. The predicted octanol–water partition coefficient (Wildman–Crippen LogP) is 3.07. The van der Waals surface area contributed by atoms with Crippen molar-refractivity contribution in [2.24, 2.45) is 17.6 Å². The molecule has 0 saturated heterocycles. The van der Waals surface area contributed by atoms with Gasteiger partial charge in [-0.25, -0.2) is 0 Å². The summed E-state index contributed by atoms with van der Waals surface area (Å²) in [5.74, 6) is 1.69. The smallest absolute Gasteiger partial charge is 0.105 e. The number of hydrogen-bond donors (Lipinski definition) is 1. The Kier molecular flexibility index (Phi) is 3.59. The van der Waals surface area contributed by atoms with Crippen LogP contribution in [0.25, 0.3) is 0 Å². The van der Waals surface area contributed by atoms with E-state index in [2.05, 4.69) is 18.9 Å². The summed E-state index contributed by atoms with van der Waals surface area (Å²) in [6, 6.07) is 5.85. The molecule has 4 heteroatoms. The molecule has 0 amide bonds. The molecule has 1 aliphatic carbocycles. The van der Waals surface area contributed by atoms with Gasteiger partial charge in [0.1, 0.15) is 4.99 Å². The van der Waals surface area contributed by atoms with Crippen molar-refractivity contribution < 1.29 is 0 Å². The second-order valence-electron chi connectivity index (χ2n) is 4.88. The molecule has 17 heavy (non-hydrogen) atoms. The third kappa shape index (κ3) is 2.90. The molecule has 2 nitrogen and oxygen atoms in total. The number of nitrogens with two attached hydrogens (primary N) is 1. The normalized spacial score (nSPS) is 22.3. The first-order valence-corrected chi connectivity index (χ1v) is 6.58. The van der Waals surface area contributed by atoms with Gasteiger partial charge in [0, 0.05) is 24.8 Å². The van der Waals surface area contributed by atoms with Crippen LogP contribution in [0.5, 0.6) is 0 Å². The second-order valence-corrected chi connectivity index (χ2v) is 5.73. The third-order valence-electron chi connectivity index (χ3n) is 3.44. The Morgan fingerprint density at radius 3 is 2.71 bits per heavy atom. The first kappa shape index (κ1) is 12.7. The lowest BCUT2D eigenvalue weighted by Gasteiger charge is -2.20. The lowest BCUT2D eigenvalue weighted by molar-refractivity contribution is 0.725. The zero-order chi connectivity index (χ0) is 12.6. The number of nitrogens with zero attached hydrogens (tertiary/aromatic N) is 1. The Balaban J connectivity index is 2.10. The molecule has 92 valence electrons. The summed E-state index contributed by atoms with van der Waals surface area (Å²) in [6.07, 6.45) is 1.34. The van der Waals surface area contributed by atoms with Crippen LogP contribution in [0.2, 0.25) is 5.02 Å². The number of hydrogen-bond acceptors (Lipinski definition) is 2. The highest BCUT2D eigenvalue weighted by Crippen LogP contribution is 2.38. The fourth-order valence-electron chi connectivity index (χ4n) is 2.05. The van der Waals surface area contributed by atoms with Crippen LogP contribution in [-0.2, 0) is 0 Å². The van der Waals surface area contributed by atoms with E-state index in [1.807, 2.05) is 18.2 Å². The van der Waals surface area contributed by atoms with Crippen molar-refractivity contribution in [2.75, 3.05) is 18.5 Å². The standard InChI is InChI=1S/C13H17ClN2S/c1-8-5-9(8)7-16(2)10-3-4-11(13(15)17)12(14)6-10/h3-4,6,8-9H,5,7H2,1-2H3,(H2,15,17). The SMILES string of the molecule is CC1CC1CN(C)c1ccc(C(N)=S)c(Cl)c1. The molecule has 0 aromatic heterocycles. The number of anilines is 1. The Morgan fingerprint density at radius 2 is 2.24 bits per heavy atom. The highest BCUT2D eigenvalue weighted by atomic mass is 35.5. The number of thiocarbonyl (C=S) groups is 1. The van der Waals surface area contributed by atoms with Crippen LogP contribution in [0, 0.1) is 11.8 Å². The van der Waals surface area contributed by atoms with Crippen molar-refractivity contribution in [3.8, 4) is 0 Å². The van der Waals surface area contributed by atoms with Gasteiger partial charge >= 0.3 is 0 Å². The molecule has 1 aromatic carbocycles. The molecule has 0 bridgehead atoms. The van der Waals surface area contributed by atoms with Gasteiger partial charge in [-0.3, -0.25) is 0 Å². The Hall–Kier alpha value is -0.800. The molecular weight excluding hydrogens is 252 g/mol. The summed E-state index contributed by atoms with van der Waals surface area (Å²) in [6.45, 7) is 3.38. The van der Waals surface area contributed by atoms with Crippen LogP contribution in [0.4, 0.5) is 5.69 Å². The minimum Gasteiger partial charge on any atom is -0.389 e. The van der Waals surface area contributed by atoms with E-state index in [0.29, 0.717) is 10.0 Å².